The van der Waals surface area contributed by atoms with Crippen molar-refractivity contribution >= 4 is 52.4 Å². The zero-order valence-electron chi connectivity index (χ0n) is 35.7. The van der Waals surface area contributed by atoms with Crippen LogP contribution in [0, 0.1) is 23.7 Å². The summed E-state index contributed by atoms with van der Waals surface area (Å²) in [5.41, 5.74) is 7.67. The van der Waals surface area contributed by atoms with Gasteiger partial charge in [-0.2, -0.15) is 33.7 Å². The molecule has 0 aliphatic carbocycles. The minimum atomic E-state index is -4.64. The van der Waals surface area contributed by atoms with Crippen molar-refractivity contribution in [1.29, 1.82) is 0 Å². The first-order valence-electron chi connectivity index (χ1n) is 19.7. The van der Waals surface area contributed by atoms with E-state index in [-0.39, 0.29) is 32.6 Å². The van der Waals surface area contributed by atoms with E-state index in [4.69, 9.17) is 39.9 Å². The van der Waals surface area contributed by atoms with Crippen molar-refractivity contribution in [1.82, 2.24) is 0 Å². The molecule has 370 valence electrons. The van der Waals surface area contributed by atoms with E-state index in [1.165, 1.54) is 0 Å². The smallest absolute Gasteiger partial charge is 0.343 e. The van der Waals surface area contributed by atoms with Gasteiger partial charge in [-0.15, -0.1) is 0 Å². The number of aromatic carboxylic acids is 2. The van der Waals surface area contributed by atoms with Gasteiger partial charge in [0.2, 0.25) is 0 Å². The van der Waals surface area contributed by atoms with Crippen molar-refractivity contribution in [3.8, 4) is 69.3 Å². The molecule has 10 N–H and O–H groups in total. The van der Waals surface area contributed by atoms with E-state index in [9.17, 15) is 71.7 Å². The Hall–Kier alpha value is -5.14. The van der Waals surface area contributed by atoms with Crippen LogP contribution in [0.4, 0.5) is 0 Å². The Kier molecular flexibility index (Phi) is 22.7. The van der Waals surface area contributed by atoms with E-state index in [0.717, 1.165) is 0 Å². The lowest BCUT2D eigenvalue weighted by Crippen LogP contribution is -2.18. The van der Waals surface area contributed by atoms with E-state index in [2.05, 4.69) is 23.7 Å². The van der Waals surface area contributed by atoms with Crippen LogP contribution in [0.2, 0.25) is 0 Å². The predicted molar refractivity (Wildman–Crippen MR) is 235 cm³/mol. The van der Waals surface area contributed by atoms with Crippen LogP contribution in [0.3, 0.4) is 0 Å². The van der Waals surface area contributed by atoms with Crippen molar-refractivity contribution in [3.05, 3.63) is 22.3 Å². The summed E-state index contributed by atoms with van der Waals surface area (Å²) in [7, 11) is -18.4. The first-order valence-corrected chi connectivity index (χ1v) is 26.2. The molecule has 0 atom stereocenters. The fraction of sp³-hybridized carbons (Fsp3) is 0.526. The van der Waals surface area contributed by atoms with Gasteiger partial charge in [-0.05, 0) is 38.5 Å². The predicted octanol–water partition coefficient (Wildman–Crippen LogP) is 1.57. The summed E-state index contributed by atoms with van der Waals surface area (Å²) in [6, 6.07) is 0. The Labute approximate surface area is 382 Å². The van der Waals surface area contributed by atoms with Crippen LogP contribution in [-0.4, -0.2) is 150 Å². The highest BCUT2D eigenvalue weighted by atomic mass is 32.2. The molecule has 0 saturated heterocycles. The van der Waals surface area contributed by atoms with Crippen LogP contribution in [0.15, 0.2) is 0 Å². The zero-order valence-corrected chi connectivity index (χ0v) is 39.0. The molecule has 0 aliphatic heterocycles. The Morgan fingerprint density at radius 1 is 0.455 bits per heavy atom. The molecule has 0 spiro atoms. The molecule has 2 rings (SSSR count). The molecule has 0 amide bonds. The van der Waals surface area contributed by atoms with Gasteiger partial charge in [-0.25, -0.2) is 9.59 Å². The molecule has 0 unspecified atom stereocenters. The zero-order chi connectivity index (χ0) is 49.9. The first-order chi connectivity index (χ1) is 30.8. The lowest BCUT2D eigenvalue weighted by molar-refractivity contribution is 0.0674. The lowest BCUT2D eigenvalue weighted by atomic mass is 9.89. The maximum absolute atomic E-state index is 13.6. The lowest BCUT2D eigenvalue weighted by Gasteiger charge is -2.28. The molecule has 2 aromatic rings. The molecule has 0 aliphatic rings. The van der Waals surface area contributed by atoms with Gasteiger partial charge in [0.05, 0.1) is 86.9 Å². The number of carbonyl (C=O) groups is 2. The van der Waals surface area contributed by atoms with Crippen molar-refractivity contribution in [3.63, 3.8) is 0 Å². The Morgan fingerprint density at radius 2 is 0.712 bits per heavy atom. The van der Waals surface area contributed by atoms with Gasteiger partial charge in [-0.3, -0.25) is 18.2 Å². The fourth-order valence-electron chi connectivity index (χ4n) is 5.65. The summed E-state index contributed by atoms with van der Waals surface area (Å²) >= 11 is 0. The summed E-state index contributed by atoms with van der Waals surface area (Å²) in [5.74, 6) is -0.563. The molecule has 28 heteroatoms. The highest BCUT2D eigenvalue weighted by Crippen LogP contribution is 2.57. The van der Waals surface area contributed by atoms with Gasteiger partial charge in [0.25, 0.3) is 40.5 Å². The van der Waals surface area contributed by atoms with Gasteiger partial charge in [0.15, 0.2) is 23.0 Å². The van der Waals surface area contributed by atoms with Crippen LogP contribution in [0.1, 0.15) is 84.2 Å². The summed E-state index contributed by atoms with van der Waals surface area (Å²) < 4.78 is 167. The van der Waals surface area contributed by atoms with Crippen LogP contribution >= 0.6 is 0 Å². The molecule has 66 heavy (non-hydrogen) atoms. The molecule has 0 heterocycles. The number of carboxylic acid groups (broad SMARTS) is 2. The largest absolute Gasteiger partial charge is 0.492 e. The highest BCUT2D eigenvalue weighted by Gasteiger charge is 2.39. The quantitative estimate of drug-likeness (QED) is 0.0326. The number of nitrogens with two attached hydrogens (primary N) is 2. The maximum Gasteiger partial charge on any atom is 0.343 e. The molecule has 0 fully saturated rings. The van der Waals surface area contributed by atoms with Crippen molar-refractivity contribution in [2.75, 3.05) is 75.7 Å². The summed E-state index contributed by atoms with van der Waals surface area (Å²) in [6.45, 7) is -0.595. The molecular formula is C38H52N2O22S4. The molecular weight excluding hydrogens is 965 g/mol. The average molecular weight is 1020 g/mol. The van der Waals surface area contributed by atoms with E-state index in [1.54, 1.807) is 13.8 Å². The number of carboxylic acids is 2. The van der Waals surface area contributed by atoms with Crippen LogP contribution < -0.4 is 39.9 Å². The van der Waals surface area contributed by atoms with Gasteiger partial charge in [0, 0.05) is 0 Å². The second kappa shape index (κ2) is 26.3. The monoisotopic (exact) mass is 1020 g/mol. The summed E-state index contributed by atoms with van der Waals surface area (Å²) in [5, 5.41) is 21.9. The van der Waals surface area contributed by atoms with Crippen molar-refractivity contribution in [2.24, 2.45) is 11.5 Å². The minimum Gasteiger partial charge on any atom is -0.492 e. The normalized spacial score (nSPS) is 11.7. The third kappa shape index (κ3) is 18.6. The fourth-order valence-corrected chi connectivity index (χ4v) is 7.58. The van der Waals surface area contributed by atoms with E-state index >= 15 is 0 Å². The number of benzene rings is 2. The molecule has 2 aromatic carbocycles. The van der Waals surface area contributed by atoms with Crippen LogP contribution in [0.5, 0.6) is 34.5 Å². The third-order valence-electron chi connectivity index (χ3n) is 8.11. The Balaban J connectivity index is 3.63. The standard InChI is InChI=1S/C38H52N2O22S4/c1-3-15-57-31-25(11-5-13-39)33(60-18-8-22-64(48,49)50)30(38(43)44)36(62-20-10-24-66(54,55)56)27(31)28-32(59-17-7-21-63(45,46)47)26(12-6-14-40)34(61-19-9-23-65(51,52)53)29(37(41)42)35(28)58-16-4-2/h3-4,7-10,13-24,39-40H2,1-2H3,(H,41,42)(H,43,44)(H,45,46,47)(H,48,49,50)(H,51,52,53)(H,54,55,56). The Morgan fingerprint density at radius 3 is 0.970 bits per heavy atom. The molecule has 0 radical (unpaired) electrons. The molecule has 0 aromatic heterocycles. The maximum atomic E-state index is 13.6. The van der Waals surface area contributed by atoms with Gasteiger partial charge >= 0.3 is 11.9 Å². The minimum absolute atomic E-state index is 0.171. The second-order valence-electron chi connectivity index (χ2n) is 13.5. The first kappa shape index (κ1) is 57.0. The molecule has 24 nitrogen and oxygen atoms in total. The summed E-state index contributed by atoms with van der Waals surface area (Å²) in [4.78, 5) is 27.1. The second-order valence-corrected chi connectivity index (χ2v) is 19.8. The summed E-state index contributed by atoms with van der Waals surface area (Å²) in [6.07, 6.45) is -1.42. The molecule has 0 bridgehead atoms. The molecule has 0 saturated carbocycles. The number of rotatable bonds is 29. The number of ether oxygens (including phenoxy) is 6. The highest BCUT2D eigenvalue weighted by molar-refractivity contribution is 7.86. The van der Waals surface area contributed by atoms with Crippen LogP contribution in [-0.2, 0) is 40.5 Å². The van der Waals surface area contributed by atoms with Gasteiger partial charge < -0.3 is 50.1 Å². The van der Waals surface area contributed by atoms with Gasteiger partial charge in [-0.1, -0.05) is 37.5 Å². The number of hydrogen-bond acceptors (Lipinski definition) is 18. The van der Waals surface area contributed by atoms with Crippen molar-refractivity contribution < 1.29 is 100 Å². The van der Waals surface area contributed by atoms with Crippen LogP contribution in [0.25, 0.3) is 11.1 Å². The third-order valence-corrected chi connectivity index (χ3v) is 11.3. The topological polar surface area (TPSA) is 400 Å². The SMILES string of the molecule is CCCOc1c(C#CCN)c(OCCCS(=O)(=O)O)c(C(=O)O)c(OCCCS(=O)(=O)O)c1-c1c(OCCCS(=O)(=O)O)c(C#CCN)c(OCCCS(=O)(=O)O)c(C(=O)O)c1OCCC. The Bertz CT molecular complexity index is 2590. The number of hydrogen-bond donors (Lipinski definition) is 8. The average Bonchev–Trinajstić information content (AvgIpc) is 3.19. The van der Waals surface area contributed by atoms with Crippen molar-refractivity contribution in [2.45, 2.75) is 52.4 Å². The van der Waals surface area contributed by atoms with E-state index < -0.39 is 202 Å². The van der Waals surface area contributed by atoms with E-state index in [1.807, 2.05) is 0 Å². The van der Waals surface area contributed by atoms with Gasteiger partial charge in [0.1, 0.15) is 33.8 Å². The van der Waals surface area contributed by atoms with E-state index in [0.29, 0.717) is 0 Å².